The predicted molar refractivity (Wildman–Crippen MR) is 59.7 cm³/mol. The zero-order valence-electron chi connectivity index (χ0n) is 9.71. The molecule has 1 saturated heterocycles. The van der Waals surface area contributed by atoms with Crippen molar-refractivity contribution in [3.63, 3.8) is 0 Å². The molecule has 1 amide bonds. The SMILES string of the molecule is CC(C)OCCC(=O)NC1CCNCC1. The highest BCUT2D eigenvalue weighted by Crippen LogP contribution is 2.02. The Labute approximate surface area is 91.8 Å². The second-order valence-electron chi connectivity index (χ2n) is 4.26. The number of carbonyl (C=O) groups is 1. The van der Waals surface area contributed by atoms with Gasteiger partial charge in [0, 0.05) is 12.5 Å². The maximum Gasteiger partial charge on any atom is 0.222 e. The summed E-state index contributed by atoms with van der Waals surface area (Å²) in [5.41, 5.74) is 0. The van der Waals surface area contributed by atoms with Crippen LogP contribution in [0.15, 0.2) is 0 Å². The molecule has 1 heterocycles. The van der Waals surface area contributed by atoms with E-state index in [9.17, 15) is 4.79 Å². The highest BCUT2D eigenvalue weighted by Gasteiger charge is 2.14. The number of ether oxygens (including phenoxy) is 1. The van der Waals surface area contributed by atoms with Crippen molar-refractivity contribution in [1.82, 2.24) is 10.6 Å². The monoisotopic (exact) mass is 214 g/mol. The number of hydrogen-bond donors (Lipinski definition) is 2. The van der Waals surface area contributed by atoms with Crippen LogP contribution in [0.3, 0.4) is 0 Å². The van der Waals surface area contributed by atoms with Crippen molar-refractivity contribution in [3.05, 3.63) is 0 Å². The Bertz CT molecular complexity index is 189. The first kappa shape index (κ1) is 12.5. The molecular weight excluding hydrogens is 192 g/mol. The van der Waals surface area contributed by atoms with Crippen LogP contribution in [0.1, 0.15) is 33.1 Å². The van der Waals surface area contributed by atoms with Gasteiger partial charge in [0.2, 0.25) is 5.91 Å². The number of carbonyl (C=O) groups excluding carboxylic acids is 1. The lowest BCUT2D eigenvalue weighted by molar-refractivity contribution is -0.123. The molecule has 0 aromatic rings. The predicted octanol–water partition coefficient (Wildman–Crippen LogP) is 0.670. The summed E-state index contributed by atoms with van der Waals surface area (Å²) < 4.78 is 5.33. The van der Waals surface area contributed by atoms with E-state index in [0.717, 1.165) is 25.9 Å². The summed E-state index contributed by atoms with van der Waals surface area (Å²) >= 11 is 0. The Kier molecular flexibility index (Phi) is 5.65. The van der Waals surface area contributed by atoms with Crippen molar-refractivity contribution in [2.45, 2.75) is 45.3 Å². The van der Waals surface area contributed by atoms with Crippen molar-refractivity contribution in [2.75, 3.05) is 19.7 Å². The average Bonchev–Trinajstić information content (AvgIpc) is 2.18. The Morgan fingerprint density at radius 1 is 1.47 bits per heavy atom. The van der Waals surface area contributed by atoms with E-state index >= 15 is 0 Å². The fourth-order valence-corrected chi connectivity index (χ4v) is 1.65. The third-order valence-corrected chi connectivity index (χ3v) is 2.48. The fraction of sp³-hybridized carbons (Fsp3) is 0.909. The number of hydrogen-bond acceptors (Lipinski definition) is 3. The summed E-state index contributed by atoms with van der Waals surface area (Å²) in [6, 6.07) is 0.359. The highest BCUT2D eigenvalue weighted by molar-refractivity contribution is 5.76. The lowest BCUT2D eigenvalue weighted by Gasteiger charge is -2.23. The molecule has 0 unspecified atom stereocenters. The van der Waals surface area contributed by atoms with Crippen LogP contribution in [0.2, 0.25) is 0 Å². The highest BCUT2D eigenvalue weighted by atomic mass is 16.5. The molecule has 2 N–H and O–H groups in total. The summed E-state index contributed by atoms with van der Waals surface area (Å²) in [7, 11) is 0. The maximum atomic E-state index is 11.5. The molecule has 88 valence electrons. The van der Waals surface area contributed by atoms with Gasteiger partial charge >= 0.3 is 0 Å². The van der Waals surface area contributed by atoms with Crippen LogP contribution in [0, 0.1) is 0 Å². The van der Waals surface area contributed by atoms with E-state index < -0.39 is 0 Å². The third kappa shape index (κ3) is 5.74. The minimum absolute atomic E-state index is 0.113. The molecule has 1 rings (SSSR count). The molecule has 0 bridgehead atoms. The second-order valence-corrected chi connectivity index (χ2v) is 4.26. The van der Waals surface area contributed by atoms with Crippen LogP contribution < -0.4 is 10.6 Å². The minimum atomic E-state index is 0.113. The van der Waals surface area contributed by atoms with Crippen molar-refractivity contribution in [1.29, 1.82) is 0 Å². The molecule has 4 heteroatoms. The van der Waals surface area contributed by atoms with Crippen LogP contribution in [-0.2, 0) is 9.53 Å². The summed E-state index contributed by atoms with van der Waals surface area (Å²) in [6.45, 7) is 6.49. The quantitative estimate of drug-likeness (QED) is 0.707. The van der Waals surface area contributed by atoms with Crippen molar-refractivity contribution in [3.8, 4) is 0 Å². The van der Waals surface area contributed by atoms with E-state index in [1.165, 1.54) is 0 Å². The van der Waals surface area contributed by atoms with Crippen LogP contribution in [-0.4, -0.2) is 37.7 Å². The zero-order chi connectivity index (χ0) is 11.1. The van der Waals surface area contributed by atoms with Gasteiger partial charge in [-0.25, -0.2) is 0 Å². The molecule has 0 atom stereocenters. The van der Waals surface area contributed by atoms with Gasteiger partial charge in [-0.2, -0.15) is 0 Å². The standard InChI is InChI=1S/C11H22N2O2/c1-9(2)15-8-5-11(14)13-10-3-6-12-7-4-10/h9-10,12H,3-8H2,1-2H3,(H,13,14). The smallest absolute Gasteiger partial charge is 0.222 e. The van der Waals surface area contributed by atoms with Crippen LogP contribution in [0.5, 0.6) is 0 Å². The van der Waals surface area contributed by atoms with E-state index in [0.29, 0.717) is 19.1 Å². The summed E-state index contributed by atoms with van der Waals surface area (Å²) in [5, 5.41) is 6.30. The molecule has 1 fully saturated rings. The Balaban J connectivity index is 2.06. The van der Waals surface area contributed by atoms with Crippen molar-refractivity contribution in [2.24, 2.45) is 0 Å². The van der Waals surface area contributed by atoms with Gasteiger partial charge in [0.25, 0.3) is 0 Å². The van der Waals surface area contributed by atoms with Gasteiger partial charge in [0.1, 0.15) is 0 Å². The summed E-state index contributed by atoms with van der Waals surface area (Å²) in [4.78, 5) is 11.5. The van der Waals surface area contributed by atoms with E-state index in [-0.39, 0.29) is 12.0 Å². The van der Waals surface area contributed by atoms with Crippen LogP contribution in [0.4, 0.5) is 0 Å². The van der Waals surface area contributed by atoms with Crippen molar-refractivity contribution >= 4 is 5.91 Å². The van der Waals surface area contributed by atoms with Gasteiger partial charge in [-0.3, -0.25) is 4.79 Å². The molecule has 0 aliphatic carbocycles. The second kappa shape index (κ2) is 6.80. The van der Waals surface area contributed by atoms with Gasteiger partial charge in [-0.1, -0.05) is 0 Å². The van der Waals surface area contributed by atoms with E-state index in [1.54, 1.807) is 0 Å². The van der Waals surface area contributed by atoms with Gasteiger partial charge < -0.3 is 15.4 Å². The first-order valence-electron chi connectivity index (χ1n) is 5.80. The number of piperidine rings is 1. The van der Waals surface area contributed by atoms with Crippen LogP contribution >= 0.6 is 0 Å². The molecule has 1 aliphatic heterocycles. The number of rotatable bonds is 5. The van der Waals surface area contributed by atoms with Gasteiger partial charge in [0.15, 0.2) is 0 Å². The van der Waals surface area contributed by atoms with E-state index in [2.05, 4.69) is 10.6 Å². The molecule has 0 aromatic heterocycles. The molecule has 15 heavy (non-hydrogen) atoms. The Morgan fingerprint density at radius 2 is 2.13 bits per heavy atom. The first-order chi connectivity index (χ1) is 7.18. The lowest BCUT2D eigenvalue weighted by atomic mass is 10.1. The van der Waals surface area contributed by atoms with E-state index in [4.69, 9.17) is 4.74 Å². The molecule has 0 aromatic carbocycles. The van der Waals surface area contributed by atoms with Gasteiger partial charge in [-0.05, 0) is 39.8 Å². The largest absolute Gasteiger partial charge is 0.378 e. The van der Waals surface area contributed by atoms with Gasteiger partial charge in [-0.15, -0.1) is 0 Å². The number of amides is 1. The van der Waals surface area contributed by atoms with E-state index in [1.807, 2.05) is 13.8 Å². The minimum Gasteiger partial charge on any atom is -0.378 e. The first-order valence-corrected chi connectivity index (χ1v) is 5.80. The normalized spacial score (nSPS) is 18.1. The average molecular weight is 214 g/mol. The topological polar surface area (TPSA) is 50.4 Å². The Morgan fingerprint density at radius 3 is 2.73 bits per heavy atom. The molecular formula is C11H22N2O2. The zero-order valence-corrected chi connectivity index (χ0v) is 9.71. The summed E-state index contributed by atoms with van der Waals surface area (Å²) in [6.07, 6.45) is 2.76. The summed E-state index contributed by atoms with van der Waals surface area (Å²) in [5.74, 6) is 0.113. The Hall–Kier alpha value is -0.610. The fourth-order valence-electron chi connectivity index (χ4n) is 1.65. The molecule has 1 aliphatic rings. The van der Waals surface area contributed by atoms with Crippen LogP contribution in [0.25, 0.3) is 0 Å². The maximum absolute atomic E-state index is 11.5. The number of nitrogens with one attached hydrogen (secondary N) is 2. The lowest BCUT2D eigenvalue weighted by Crippen LogP contribution is -2.42. The molecule has 0 radical (unpaired) electrons. The molecule has 0 saturated carbocycles. The van der Waals surface area contributed by atoms with Crippen molar-refractivity contribution < 1.29 is 9.53 Å². The van der Waals surface area contributed by atoms with Gasteiger partial charge in [0.05, 0.1) is 12.7 Å². The molecule has 0 spiro atoms. The third-order valence-electron chi connectivity index (χ3n) is 2.48. The molecule has 4 nitrogen and oxygen atoms in total.